The molecule has 1 atom stereocenters. The van der Waals surface area contributed by atoms with Gasteiger partial charge in [-0.25, -0.2) is 14.7 Å². The average Bonchev–Trinajstić information content (AvgIpc) is 3.07. The fourth-order valence-electron chi connectivity index (χ4n) is 3.45. The Morgan fingerprint density at radius 1 is 1.12 bits per heavy atom. The molecule has 1 aliphatic rings. The van der Waals surface area contributed by atoms with Crippen molar-refractivity contribution >= 4 is 22.9 Å². The number of esters is 1. The summed E-state index contributed by atoms with van der Waals surface area (Å²) in [5.41, 5.74) is -0.984. The van der Waals surface area contributed by atoms with E-state index < -0.39 is 23.1 Å². The molecule has 2 aromatic rings. The van der Waals surface area contributed by atoms with E-state index in [-0.39, 0.29) is 29.8 Å². The Balaban J connectivity index is 2.44. The summed E-state index contributed by atoms with van der Waals surface area (Å²) in [6.45, 7) is 4.46. The Kier molecular flexibility index (Phi) is 4.31. The van der Waals surface area contributed by atoms with E-state index in [0.29, 0.717) is 13.1 Å². The van der Waals surface area contributed by atoms with Crippen molar-refractivity contribution in [2.24, 2.45) is 14.1 Å². The SMILES string of the molecule is CCN(CC)C1(n2cnc3c2c(=O)n(C)c(=O)n3C)OC(=O)CCC1=O. The van der Waals surface area contributed by atoms with Crippen LogP contribution in [0.3, 0.4) is 0 Å². The number of carbonyl (C=O) groups excluding carboxylic acids is 2. The summed E-state index contributed by atoms with van der Waals surface area (Å²) in [6, 6.07) is 0. The molecule has 0 saturated carbocycles. The number of Topliss-reactive ketones (excluding diaryl/α,β-unsaturated/α-hetero) is 1. The van der Waals surface area contributed by atoms with Crippen LogP contribution in [0.1, 0.15) is 26.7 Å². The molecule has 0 amide bonds. The van der Waals surface area contributed by atoms with Crippen LogP contribution in [0.25, 0.3) is 11.2 Å². The van der Waals surface area contributed by atoms with Crippen LogP contribution in [-0.2, 0) is 34.3 Å². The van der Waals surface area contributed by atoms with Gasteiger partial charge in [0.15, 0.2) is 11.2 Å². The standard InChI is InChI=1S/C16H21N5O5/c1-5-20(6-2)16(10(22)7-8-11(23)26-16)21-9-17-13-12(21)14(24)19(4)15(25)18(13)3/h9H,5-8H2,1-4H3. The highest BCUT2D eigenvalue weighted by Gasteiger charge is 2.52. The zero-order valence-corrected chi connectivity index (χ0v) is 15.2. The lowest BCUT2D eigenvalue weighted by molar-refractivity contribution is -0.221. The minimum atomic E-state index is -1.78. The monoisotopic (exact) mass is 363 g/mol. The third kappa shape index (κ3) is 2.25. The molecular formula is C16H21N5O5. The number of likely N-dealkylation sites (N-methyl/N-ethyl adjacent to an activating group) is 1. The summed E-state index contributed by atoms with van der Waals surface area (Å²) in [7, 11) is 2.83. The number of nitrogens with zero attached hydrogens (tertiary/aromatic N) is 5. The summed E-state index contributed by atoms with van der Waals surface area (Å²) in [5, 5.41) is 0. The average molecular weight is 363 g/mol. The molecular weight excluding hydrogens is 342 g/mol. The zero-order chi connectivity index (χ0) is 19.2. The van der Waals surface area contributed by atoms with Crippen molar-refractivity contribution in [3.63, 3.8) is 0 Å². The van der Waals surface area contributed by atoms with Gasteiger partial charge < -0.3 is 4.74 Å². The molecule has 0 bridgehead atoms. The number of carbonyl (C=O) groups is 2. The first-order chi connectivity index (χ1) is 12.3. The molecule has 1 fully saturated rings. The third-order valence-electron chi connectivity index (χ3n) is 4.84. The van der Waals surface area contributed by atoms with Crippen LogP contribution in [0.5, 0.6) is 0 Å². The Morgan fingerprint density at radius 2 is 1.77 bits per heavy atom. The second kappa shape index (κ2) is 6.20. The molecule has 1 aliphatic heterocycles. The van der Waals surface area contributed by atoms with E-state index in [9.17, 15) is 19.2 Å². The largest absolute Gasteiger partial charge is 0.417 e. The number of hydrogen-bond acceptors (Lipinski definition) is 7. The van der Waals surface area contributed by atoms with E-state index in [1.807, 2.05) is 13.8 Å². The van der Waals surface area contributed by atoms with Gasteiger partial charge in [-0.3, -0.25) is 28.1 Å². The number of rotatable bonds is 4. The lowest BCUT2D eigenvalue weighted by Gasteiger charge is -2.43. The van der Waals surface area contributed by atoms with Gasteiger partial charge >= 0.3 is 17.5 Å². The summed E-state index contributed by atoms with van der Waals surface area (Å²) < 4.78 is 9.02. The summed E-state index contributed by atoms with van der Waals surface area (Å²) in [4.78, 5) is 55.8. The highest BCUT2D eigenvalue weighted by atomic mass is 16.6. The molecule has 1 saturated heterocycles. The number of ether oxygens (including phenoxy) is 1. The molecule has 0 aromatic carbocycles. The highest BCUT2D eigenvalue weighted by molar-refractivity contribution is 5.93. The van der Waals surface area contributed by atoms with Gasteiger partial charge in [-0.15, -0.1) is 0 Å². The van der Waals surface area contributed by atoms with Crippen molar-refractivity contribution in [3.8, 4) is 0 Å². The Labute approximate surface area is 148 Å². The first-order valence-corrected chi connectivity index (χ1v) is 8.43. The predicted octanol–water partition coefficient (Wildman–Crippen LogP) is -0.708. The smallest absolute Gasteiger partial charge is 0.332 e. The molecule has 140 valence electrons. The number of aromatic nitrogens is 4. The van der Waals surface area contributed by atoms with E-state index in [2.05, 4.69) is 4.98 Å². The maximum absolute atomic E-state index is 13.0. The highest BCUT2D eigenvalue weighted by Crippen LogP contribution is 2.33. The predicted molar refractivity (Wildman–Crippen MR) is 91.4 cm³/mol. The first kappa shape index (κ1) is 18.1. The van der Waals surface area contributed by atoms with E-state index in [4.69, 9.17) is 4.74 Å². The fraction of sp³-hybridized carbons (Fsp3) is 0.562. The van der Waals surface area contributed by atoms with Gasteiger partial charge in [-0.05, 0) is 0 Å². The van der Waals surface area contributed by atoms with Gasteiger partial charge in [0, 0.05) is 33.6 Å². The molecule has 3 rings (SSSR count). The Hall–Kier alpha value is -2.75. The molecule has 2 aromatic heterocycles. The molecule has 3 heterocycles. The Morgan fingerprint density at radius 3 is 2.38 bits per heavy atom. The third-order valence-corrected chi connectivity index (χ3v) is 4.84. The maximum atomic E-state index is 13.0. The van der Waals surface area contributed by atoms with Crippen LogP contribution < -0.4 is 11.2 Å². The molecule has 0 N–H and O–H groups in total. The second-order valence-corrected chi connectivity index (χ2v) is 6.17. The molecule has 10 heteroatoms. The van der Waals surface area contributed by atoms with Crippen LogP contribution in [0.15, 0.2) is 15.9 Å². The second-order valence-electron chi connectivity index (χ2n) is 6.17. The molecule has 10 nitrogen and oxygen atoms in total. The quantitative estimate of drug-likeness (QED) is 0.660. The van der Waals surface area contributed by atoms with Crippen molar-refractivity contribution < 1.29 is 14.3 Å². The summed E-state index contributed by atoms with van der Waals surface area (Å²) in [6.07, 6.45) is 1.27. The van der Waals surface area contributed by atoms with Gasteiger partial charge in [0.05, 0.1) is 6.42 Å². The maximum Gasteiger partial charge on any atom is 0.332 e. The number of ketones is 1. The normalized spacial score (nSPS) is 20.8. The van der Waals surface area contributed by atoms with Gasteiger partial charge in [0.1, 0.15) is 6.33 Å². The van der Waals surface area contributed by atoms with E-state index in [1.54, 1.807) is 4.90 Å². The molecule has 0 spiro atoms. The number of hydrogen-bond donors (Lipinski definition) is 0. The van der Waals surface area contributed by atoms with E-state index in [1.165, 1.54) is 29.6 Å². The summed E-state index contributed by atoms with van der Waals surface area (Å²) in [5.74, 6) is -2.65. The molecule has 0 radical (unpaired) electrons. The lowest BCUT2D eigenvalue weighted by atomic mass is 10.1. The zero-order valence-electron chi connectivity index (χ0n) is 15.2. The van der Waals surface area contributed by atoms with E-state index >= 15 is 0 Å². The van der Waals surface area contributed by atoms with Crippen LogP contribution in [0.4, 0.5) is 0 Å². The molecule has 26 heavy (non-hydrogen) atoms. The topological polar surface area (TPSA) is 108 Å². The summed E-state index contributed by atoms with van der Waals surface area (Å²) >= 11 is 0. The minimum absolute atomic E-state index is 0.00108. The van der Waals surface area contributed by atoms with Crippen LogP contribution in [0, 0.1) is 0 Å². The van der Waals surface area contributed by atoms with Gasteiger partial charge in [-0.2, -0.15) is 0 Å². The fourth-order valence-corrected chi connectivity index (χ4v) is 3.45. The molecule has 0 aliphatic carbocycles. The van der Waals surface area contributed by atoms with Gasteiger partial charge in [0.25, 0.3) is 5.56 Å². The van der Waals surface area contributed by atoms with Gasteiger partial charge in [0.2, 0.25) is 5.78 Å². The van der Waals surface area contributed by atoms with Crippen LogP contribution in [0.2, 0.25) is 0 Å². The van der Waals surface area contributed by atoms with Crippen molar-refractivity contribution in [1.29, 1.82) is 0 Å². The number of cyclic esters (lactones) is 1. The van der Waals surface area contributed by atoms with Crippen LogP contribution >= 0.6 is 0 Å². The van der Waals surface area contributed by atoms with Crippen molar-refractivity contribution in [2.45, 2.75) is 32.5 Å². The lowest BCUT2D eigenvalue weighted by Crippen LogP contribution is -2.61. The van der Waals surface area contributed by atoms with Crippen molar-refractivity contribution in [1.82, 2.24) is 23.6 Å². The Bertz CT molecular complexity index is 1010. The van der Waals surface area contributed by atoms with Crippen LogP contribution in [-0.4, -0.2) is 48.4 Å². The number of aryl methyl sites for hydroxylation is 1. The van der Waals surface area contributed by atoms with E-state index in [0.717, 1.165) is 4.57 Å². The van der Waals surface area contributed by atoms with Crippen molar-refractivity contribution in [2.75, 3.05) is 13.1 Å². The van der Waals surface area contributed by atoms with Crippen molar-refractivity contribution in [3.05, 3.63) is 27.2 Å². The number of fused-ring (bicyclic) bond motifs is 1. The minimum Gasteiger partial charge on any atom is -0.417 e. The first-order valence-electron chi connectivity index (χ1n) is 8.43. The van der Waals surface area contributed by atoms with Gasteiger partial charge in [-0.1, -0.05) is 13.8 Å². The number of imidazole rings is 1. The molecule has 1 unspecified atom stereocenters.